The summed E-state index contributed by atoms with van der Waals surface area (Å²) in [6, 6.07) is 0. The fourth-order valence-electron chi connectivity index (χ4n) is 0.576. The van der Waals surface area contributed by atoms with E-state index in [1.54, 1.807) is 0 Å². The predicted octanol–water partition coefficient (Wildman–Crippen LogP) is -2.99. The number of hydrogen-bond acceptors (Lipinski definition) is 7. The van der Waals surface area contributed by atoms with Gasteiger partial charge >= 0.3 is 5.97 Å². The average molecular weight is 206 g/mol. The molecule has 0 bridgehead atoms. The Hall–Kier alpha value is -1.31. The molecule has 7 heteroatoms. The molecule has 0 amide bonds. The molecule has 0 aliphatic rings. The predicted molar refractivity (Wildman–Crippen MR) is 41.1 cm³/mol. The van der Waals surface area contributed by atoms with Crippen LogP contribution in [0.2, 0.25) is 0 Å². The van der Waals surface area contributed by atoms with E-state index in [1.807, 2.05) is 0 Å². The van der Waals surface area contributed by atoms with Crippen LogP contribution in [0.15, 0.2) is 0 Å². The molecule has 0 saturated heterocycles. The van der Waals surface area contributed by atoms with E-state index in [4.69, 9.17) is 15.3 Å². The van der Waals surface area contributed by atoms with Crippen LogP contribution < -0.4 is 0 Å². The van der Waals surface area contributed by atoms with Gasteiger partial charge in [0.15, 0.2) is 6.61 Å². The van der Waals surface area contributed by atoms with Crippen molar-refractivity contribution in [1.82, 2.24) is 0 Å². The molecule has 3 N–H and O–H groups in total. The van der Waals surface area contributed by atoms with E-state index in [1.165, 1.54) is 0 Å². The molecule has 0 aromatic carbocycles. The van der Waals surface area contributed by atoms with Gasteiger partial charge in [-0.1, -0.05) is 0 Å². The van der Waals surface area contributed by atoms with Crippen LogP contribution in [0, 0.1) is 0 Å². The number of ether oxygens (including phenoxy) is 1. The highest BCUT2D eigenvalue weighted by Gasteiger charge is 2.24. The van der Waals surface area contributed by atoms with Gasteiger partial charge in [0.2, 0.25) is 12.1 Å². The van der Waals surface area contributed by atoms with E-state index in [2.05, 4.69) is 4.74 Å². The SMILES string of the molecule is O=CC(=O)OCC(=O)[C@H](O)[C@@H](O)CO. The van der Waals surface area contributed by atoms with Crippen LogP contribution in [0.25, 0.3) is 0 Å². The maximum Gasteiger partial charge on any atom is 0.371 e. The summed E-state index contributed by atoms with van der Waals surface area (Å²) in [5.41, 5.74) is 0. The van der Waals surface area contributed by atoms with Crippen LogP contribution in [0.4, 0.5) is 0 Å². The second-order valence-corrected chi connectivity index (χ2v) is 2.39. The van der Waals surface area contributed by atoms with Crippen LogP contribution in [0.5, 0.6) is 0 Å². The summed E-state index contributed by atoms with van der Waals surface area (Å²) in [7, 11) is 0. The number of Topliss-reactive ketones (excluding diaryl/α,β-unsaturated/α-hetero) is 1. The number of ketones is 1. The second-order valence-electron chi connectivity index (χ2n) is 2.39. The third kappa shape index (κ3) is 4.08. The zero-order valence-corrected chi connectivity index (χ0v) is 7.12. The Kier molecular flexibility index (Phi) is 5.61. The molecule has 0 heterocycles. The molecule has 0 fully saturated rings. The van der Waals surface area contributed by atoms with E-state index < -0.39 is 37.2 Å². The fraction of sp³-hybridized carbons (Fsp3) is 0.571. The third-order valence-corrected chi connectivity index (χ3v) is 1.33. The lowest BCUT2D eigenvalue weighted by atomic mass is 10.1. The zero-order valence-electron chi connectivity index (χ0n) is 7.12. The molecule has 0 unspecified atom stereocenters. The molecule has 7 nitrogen and oxygen atoms in total. The normalized spacial score (nSPS) is 14.2. The largest absolute Gasteiger partial charge is 0.452 e. The molecule has 14 heavy (non-hydrogen) atoms. The van der Waals surface area contributed by atoms with Gasteiger partial charge in [0.1, 0.15) is 12.2 Å². The number of carbonyl (C=O) groups excluding carboxylic acids is 3. The van der Waals surface area contributed by atoms with Gasteiger partial charge < -0.3 is 20.1 Å². The Morgan fingerprint density at radius 3 is 2.36 bits per heavy atom. The van der Waals surface area contributed by atoms with Crippen molar-refractivity contribution >= 4 is 18.0 Å². The molecule has 0 aromatic heterocycles. The van der Waals surface area contributed by atoms with Gasteiger partial charge in [-0.05, 0) is 0 Å². The summed E-state index contributed by atoms with van der Waals surface area (Å²) >= 11 is 0. The molecule has 2 atom stereocenters. The van der Waals surface area contributed by atoms with Gasteiger partial charge in [-0.3, -0.25) is 9.59 Å². The van der Waals surface area contributed by atoms with Crippen molar-refractivity contribution in [2.45, 2.75) is 12.2 Å². The molecular formula is C7H10O7. The summed E-state index contributed by atoms with van der Waals surface area (Å²) < 4.78 is 4.06. The van der Waals surface area contributed by atoms with E-state index in [-0.39, 0.29) is 6.29 Å². The molecule has 0 saturated carbocycles. The van der Waals surface area contributed by atoms with E-state index in [0.717, 1.165) is 0 Å². The van der Waals surface area contributed by atoms with Crippen LogP contribution in [-0.2, 0) is 19.1 Å². The lowest BCUT2D eigenvalue weighted by molar-refractivity contribution is -0.154. The number of aldehydes is 1. The van der Waals surface area contributed by atoms with Crippen molar-refractivity contribution in [3.05, 3.63) is 0 Å². The van der Waals surface area contributed by atoms with Crippen LogP contribution in [0.1, 0.15) is 0 Å². The van der Waals surface area contributed by atoms with E-state index in [0.29, 0.717) is 0 Å². The number of hydrogen-bond donors (Lipinski definition) is 3. The first kappa shape index (κ1) is 12.7. The van der Waals surface area contributed by atoms with Crippen molar-refractivity contribution in [3.8, 4) is 0 Å². The summed E-state index contributed by atoms with van der Waals surface area (Å²) in [4.78, 5) is 30.8. The van der Waals surface area contributed by atoms with Gasteiger partial charge in [-0.25, -0.2) is 4.79 Å². The summed E-state index contributed by atoms with van der Waals surface area (Å²) in [6.45, 7) is -1.62. The Morgan fingerprint density at radius 2 is 1.93 bits per heavy atom. The molecule has 0 radical (unpaired) electrons. The van der Waals surface area contributed by atoms with Crippen molar-refractivity contribution in [3.63, 3.8) is 0 Å². The van der Waals surface area contributed by atoms with Gasteiger partial charge in [0.25, 0.3) is 0 Å². The Bertz CT molecular complexity index is 224. The molecule has 0 aliphatic carbocycles. The average Bonchev–Trinajstić information content (AvgIpc) is 2.22. The van der Waals surface area contributed by atoms with Gasteiger partial charge in [0.05, 0.1) is 6.61 Å². The van der Waals surface area contributed by atoms with Crippen molar-refractivity contribution in [1.29, 1.82) is 0 Å². The van der Waals surface area contributed by atoms with Crippen LogP contribution in [0.3, 0.4) is 0 Å². The van der Waals surface area contributed by atoms with Gasteiger partial charge in [-0.2, -0.15) is 0 Å². The maximum absolute atomic E-state index is 10.8. The number of aliphatic hydroxyl groups excluding tert-OH is 3. The first-order chi connectivity index (χ1) is 6.52. The number of carbonyl (C=O) groups is 3. The molecule has 0 rings (SSSR count). The highest BCUT2D eigenvalue weighted by Crippen LogP contribution is 1.95. The van der Waals surface area contributed by atoms with Crippen molar-refractivity contribution in [2.24, 2.45) is 0 Å². The van der Waals surface area contributed by atoms with E-state index >= 15 is 0 Å². The van der Waals surface area contributed by atoms with Gasteiger partial charge in [-0.15, -0.1) is 0 Å². The smallest absolute Gasteiger partial charge is 0.371 e. The molecular weight excluding hydrogens is 196 g/mol. The standard InChI is InChI=1S/C7H10O7/c8-1-4(10)7(13)5(11)3-14-6(12)2-9/h2,4,7-8,10,13H,1,3H2/t4-,7+/m0/s1. The quantitative estimate of drug-likeness (QED) is 0.241. The van der Waals surface area contributed by atoms with Crippen LogP contribution >= 0.6 is 0 Å². The van der Waals surface area contributed by atoms with Crippen LogP contribution in [-0.4, -0.2) is 58.8 Å². The van der Waals surface area contributed by atoms with E-state index in [9.17, 15) is 14.4 Å². The van der Waals surface area contributed by atoms with Crippen molar-refractivity contribution in [2.75, 3.05) is 13.2 Å². The topological polar surface area (TPSA) is 121 Å². The Morgan fingerprint density at radius 1 is 1.36 bits per heavy atom. The molecule has 0 aromatic rings. The minimum atomic E-state index is -1.83. The fourth-order valence-corrected chi connectivity index (χ4v) is 0.576. The lowest BCUT2D eigenvalue weighted by Crippen LogP contribution is -2.38. The maximum atomic E-state index is 10.8. The van der Waals surface area contributed by atoms with Crippen molar-refractivity contribution < 1.29 is 34.4 Å². The third-order valence-electron chi connectivity index (χ3n) is 1.33. The summed E-state index contributed by atoms with van der Waals surface area (Å²) in [5, 5.41) is 26.1. The minimum Gasteiger partial charge on any atom is -0.452 e. The Balaban J connectivity index is 3.95. The first-order valence-corrected chi connectivity index (χ1v) is 3.64. The number of rotatable bonds is 6. The highest BCUT2D eigenvalue weighted by atomic mass is 16.5. The minimum absolute atomic E-state index is 0.137. The number of aliphatic hydroxyl groups is 3. The first-order valence-electron chi connectivity index (χ1n) is 3.64. The Labute approximate surface area is 78.9 Å². The lowest BCUT2D eigenvalue weighted by Gasteiger charge is -2.13. The molecule has 80 valence electrons. The summed E-state index contributed by atoms with van der Waals surface area (Å²) in [6.07, 6.45) is -3.60. The second kappa shape index (κ2) is 6.19. The molecule has 0 spiro atoms. The highest BCUT2D eigenvalue weighted by molar-refractivity contribution is 6.20. The van der Waals surface area contributed by atoms with Gasteiger partial charge in [0, 0.05) is 0 Å². The number of esters is 1. The molecule has 0 aliphatic heterocycles. The zero-order chi connectivity index (χ0) is 11.1. The summed E-state index contributed by atoms with van der Waals surface area (Å²) in [5.74, 6) is -2.24. The monoisotopic (exact) mass is 206 g/mol.